The largest absolute Gasteiger partial charge is 0.489 e. The molecule has 1 N–H and O–H groups in total. The SMILES string of the molecule is Cc1sc2ncnc(NCCOc3ccccc3F)c2c1C. The van der Waals surface area contributed by atoms with E-state index in [2.05, 4.69) is 29.1 Å². The van der Waals surface area contributed by atoms with Crippen molar-refractivity contribution in [1.29, 1.82) is 0 Å². The number of para-hydroxylation sites is 1. The number of ether oxygens (including phenoxy) is 1. The Morgan fingerprint density at radius 2 is 2.05 bits per heavy atom. The van der Waals surface area contributed by atoms with Crippen molar-refractivity contribution in [2.75, 3.05) is 18.5 Å². The van der Waals surface area contributed by atoms with Crippen molar-refractivity contribution in [2.45, 2.75) is 13.8 Å². The maximum absolute atomic E-state index is 13.4. The molecule has 0 aliphatic rings. The monoisotopic (exact) mass is 317 g/mol. The highest BCUT2D eigenvalue weighted by molar-refractivity contribution is 7.18. The maximum Gasteiger partial charge on any atom is 0.165 e. The fraction of sp³-hybridized carbons (Fsp3) is 0.250. The summed E-state index contributed by atoms with van der Waals surface area (Å²) in [6, 6.07) is 6.38. The second-order valence-electron chi connectivity index (χ2n) is 4.89. The molecule has 0 bridgehead atoms. The molecule has 0 atom stereocenters. The van der Waals surface area contributed by atoms with E-state index in [1.165, 1.54) is 16.5 Å². The van der Waals surface area contributed by atoms with E-state index in [-0.39, 0.29) is 11.6 Å². The molecule has 0 unspecified atom stereocenters. The molecule has 1 aromatic carbocycles. The minimum absolute atomic E-state index is 0.264. The zero-order chi connectivity index (χ0) is 15.5. The number of hydrogen-bond donors (Lipinski definition) is 1. The standard InChI is InChI=1S/C16H16FN3OS/c1-10-11(2)22-16-14(10)15(19-9-20-16)18-7-8-21-13-6-4-3-5-12(13)17/h3-6,9H,7-8H2,1-2H3,(H,18,19,20). The highest BCUT2D eigenvalue weighted by Gasteiger charge is 2.11. The minimum atomic E-state index is -0.351. The third-order valence-electron chi connectivity index (χ3n) is 3.45. The van der Waals surface area contributed by atoms with E-state index in [1.54, 1.807) is 35.9 Å². The molecule has 4 nitrogen and oxygen atoms in total. The van der Waals surface area contributed by atoms with Crippen LogP contribution in [0.4, 0.5) is 10.2 Å². The van der Waals surface area contributed by atoms with E-state index < -0.39 is 0 Å². The number of hydrogen-bond acceptors (Lipinski definition) is 5. The molecule has 0 aliphatic heterocycles. The van der Waals surface area contributed by atoms with Gasteiger partial charge >= 0.3 is 0 Å². The molecule has 0 fully saturated rings. The third kappa shape index (κ3) is 2.87. The number of anilines is 1. The predicted octanol–water partition coefficient (Wildman–Crippen LogP) is 3.94. The summed E-state index contributed by atoms with van der Waals surface area (Å²) in [5.74, 6) is 0.708. The lowest BCUT2D eigenvalue weighted by molar-refractivity contribution is 0.315. The predicted molar refractivity (Wildman–Crippen MR) is 87.3 cm³/mol. The highest BCUT2D eigenvalue weighted by Crippen LogP contribution is 2.32. The summed E-state index contributed by atoms with van der Waals surface area (Å²) < 4.78 is 18.9. The normalized spacial score (nSPS) is 10.9. The van der Waals surface area contributed by atoms with Gasteiger partial charge < -0.3 is 10.1 Å². The zero-order valence-corrected chi connectivity index (χ0v) is 13.2. The van der Waals surface area contributed by atoms with Crippen LogP contribution in [0.1, 0.15) is 10.4 Å². The van der Waals surface area contributed by atoms with Crippen LogP contribution >= 0.6 is 11.3 Å². The topological polar surface area (TPSA) is 47.0 Å². The van der Waals surface area contributed by atoms with Crippen molar-refractivity contribution in [3.05, 3.63) is 46.9 Å². The van der Waals surface area contributed by atoms with Crippen molar-refractivity contribution in [2.24, 2.45) is 0 Å². The Morgan fingerprint density at radius 3 is 2.86 bits per heavy atom. The fourth-order valence-electron chi connectivity index (χ4n) is 2.21. The number of rotatable bonds is 5. The Bertz CT molecular complexity index is 803. The lowest BCUT2D eigenvalue weighted by atomic mass is 10.2. The Hall–Kier alpha value is -2.21. The highest BCUT2D eigenvalue weighted by atomic mass is 32.1. The number of fused-ring (bicyclic) bond motifs is 1. The molecule has 0 spiro atoms. The van der Waals surface area contributed by atoms with Crippen LogP contribution in [0.3, 0.4) is 0 Å². The van der Waals surface area contributed by atoms with Crippen molar-refractivity contribution < 1.29 is 9.13 Å². The number of nitrogens with zero attached hydrogens (tertiary/aromatic N) is 2. The van der Waals surface area contributed by atoms with E-state index in [1.807, 2.05) is 0 Å². The van der Waals surface area contributed by atoms with E-state index >= 15 is 0 Å². The van der Waals surface area contributed by atoms with E-state index in [0.29, 0.717) is 13.2 Å². The smallest absolute Gasteiger partial charge is 0.165 e. The van der Waals surface area contributed by atoms with Gasteiger partial charge in [-0.05, 0) is 31.5 Å². The van der Waals surface area contributed by atoms with Gasteiger partial charge in [0.15, 0.2) is 11.6 Å². The first-order valence-corrected chi connectivity index (χ1v) is 7.80. The van der Waals surface area contributed by atoms with Crippen LogP contribution in [0, 0.1) is 19.7 Å². The summed E-state index contributed by atoms with van der Waals surface area (Å²) in [7, 11) is 0. The van der Waals surface area contributed by atoms with Gasteiger partial charge in [0.05, 0.1) is 11.9 Å². The first-order chi connectivity index (χ1) is 10.7. The molecule has 0 saturated carbocycles. The summed E-state index contributed by atoms with van der Waals surface area (Å²) in [6.45, 7) is 5.04. The van der Waals surface area contributed by atoms with E-state index in [0.717, 1.165) is 16.0 Å². The third-order valence-corrected chi connectivity index (χ3v) is 4.57. The lowest BCUT2D eigenvalue weighted by Gasteiger charge is -2.09. The average molecular weight is 317 g/mol. The second-order valence-corrected chi connectivity index (χ2v) is 6.09. The molecule has 0 radical (unpaired) electrons. The van der Waals surface area contributed by atoms with Crippen LogP contribution in [0.25, 0.3) is 10.2 Å². The number of benzene rings is 1. The summed E-state index contributed by atoms with van der Waals surface area (Å²) in [4.78, 5) is 10.8. The van der Waals surface area contributed by atoms with Crippen LogP contribution in [0.15, 0.2) is 30.6 Å². The average Bonchev–Trinajstić information content (AvgIpc) is 2.81. The molecule has 22 heavy (non-hydrogen) atoms. The molecule has 0 aliphatic carbocycles. The Labute approximate surface area is 132 Å². The van der Waals surface area contributed by atoms with Crippen molar-refractivity contribution in [3.63, 3.8) is 0 Å². The molecular weight excluding hydrogens is 301 g/mol. The van der Waals surface area contributed by atoms with Crippen LogP contribution in [0.5, 0.6) is 5.75 Å². The molecule has 6 heteroatoms. The van der Waals surface area contributed by atoms with Gasteiger partial charge in [0, 0.05) is 4.88 Å². The summed E-state index contributed by atoms with van der Waals surface area (Å²) in [5, 5.41) is 4.29. The molecule has 2 aromatic heterocycles. The van der Waals surface area contributed by atoms with Gasteiger partial charge in [0.1, 0.15) is 23.6 Å². The van der Waals surface area contributed by atoms with Crippen LogP contribution in [0.2, 0.25) is 0 Å². The van der Waals surface area contributed by atoms with Gasteiger partial charge in [-0.15, -0.1) is 11.3 Å². The van der Waals surface area contributed by atoms with Crippen molar-refractivity contribution in [3.8, 4) is 5.75 Å². The van der Waals surface area contributed by atoms with Gasteiger partial charge in [0.2, 0.25) is 0 Å². The number of thiophene rings is 1. The lowest BCUT2D eigenvalue weighted by Crippen LogP contribution is -2.13. The maximum atomic E-state index is 13.4. The first-order valence-electron chi connectivity index (χ1n) is 6.98. The molecule has 0 saturated heterocycles. The number of nitrogens with one attached hydrogen (secondary N) is 1. The minimum Gasteiger partial charge on any atom is -0.489 e. The number of aryl methyl sites for hydroxylation is 2. The van der Waals surface area contributed by atoms with Crippen LogP contribution in [-0.4, -0.2) is 23.1 Å². The summed E-state index contributed by atoms with van der Waals surface area (Å²) >= 11 is 1.66. The molecule has 3 rings (SSSR count). The first kappa shape index (κ1) is 14.7. The second kappa shape index (κ2) is 6.27. The quantitative estimate of drug-likeness (QED) is 0.724. The summed E-state index contributed by atoms with van der Waals surface area (Å²) in [6.07, 6.45) is 1.55. The molecule has 0 amide bonds. The van der Waals surface area contributed by atoms with Crippen molar-refractivity contribution in [1.82, 2.24) is 9.97 Å². The summed E-state index contributed by atoms with van der Waals surface area (Å²) in [5.41, 5.74) is 1.19. The zero-order valence-electron chi connectivity index (χ0n) is 12.4. The Balaban J connectivity index is 1.66. The van der Waals surface area contributed by atoms with Gasteiger partial charge in [0.25, 0.3) is 0 Å². The molecule has 114 valence electrons. The number of halogens is 1. The fourth-order valence-corrected chi connectivity index (χ4v) is 3.21. The van der Waals surface area contributed by atoms with Gasteiger partial charge in [-0.3, -0.25) is 0 Å². The molecule has 2 heterocycles. The van der Waals surface area contributed by atoms with Gasteiger partial charge in [-0.25, -0.2) is 14.4 Å². The van der Waals surface area contributed by atoms with Gasteiger partial charge in [-0.2, -0.15) is 0 Å². The van der Waals surface area contributed by atoms with E-state index in [4.69, 9.17) is 4.74 Å². The van der Waals surface area contributed by atoms with Crippen LogP contribution < -0.4 is 10.1 Å². The Kier molecular flexibility index (Phi) is 4.20. The van der Waals surface area contributed by atoms with Gasteiger partial charge in [-0.1, -0.05) is 12.1 Å². The Morgan fingerprint density at radius 1 is 1.23 bits per heavy atom. The van der Waals surface area contributed by atoms with Crippen molar-refractivity contribution >= 4 is 27.4 Å². The molecular formula is C16H16FN3OS. The number of aromatic nitrogens is 2. The van der Waals surface area contributed by atoms with Crippen LogP contribution in [-0.2, 0) is 0 Å². The van der Waals surface area contributed by atoms with E-state index in [9.17, 15) is 4.39 Å². The molecule has 3 aromatic rings.